The van der Waals surface area contributed by atoms with Gasteiger partial charge in [-0.2, -0.15) is 0 Å². The van der Waals surface area contributed by atoms with Crippen molar-refractivity contribution < 1.29 is 9.90 Å². The summed E-state index contributed by atoms with van der Waals surface area (Å²) in [5.74, 6) is -0.755. The number of halogens is 1. The molecule has 1 heterocycles. The second-order valence-corrected chi connectivity index (χ2v) is 5.92. The molecule has 1 aromatic rings. The Hall–Kier alpha value is -0.350. The zero-order chi connectivity index (χ0) is 10.1. The Morgan fingerprint density at radius 1 is 1.69 bits per heavy atom. The number of aliphatic carboxylic acids is 1. The fourth-order valence-corrected chi connectivity index (χ4v) is 2.23. The molecule has 1 aromatic heterocycles. The Morgan fingerprint density at radius 2 is 2.31 bits per heavy atom. The molecule has 0 aliphatic heterocycles. The van der Waals surface area contributed by atoms with E-state index in [4.69, 9.17) is 5.11 Å². The first-order chi connectivity index (χ1) is 5.92. The monoisotopic (exact) mass is 262 g/mol. The van der Waals surface area contributed by atoms with Gasteiger partial charge < -0.3 is 5.11 Å². The minimum Gasteiger partial charge on any atom is -0.481 e. The number of carboxylic acids is 1. The van der Waals surface area contributed by atoms with Crippen molar-refractivity contribution in [2.45, 2.75) is 20.3 Å². The molecule has 0 fully saturated rings. The Kier molecular flexibility index (Phi) is 3.14. The molecule has 1 rings (SSSR count). The number of carbonyl (C=O) groups is 1. The van der Waals surface area contributed by atoms with Crippen LogP contribution in [0.2, 0.25) is 0 Å². The van der Waals surface area contributed by atoms with Crippen LogP contribution in [0, 0.1) is 5.41 Å². The van der Waals surface area contributed by atoms with Crippen molar-refractivity contribution in [1.82, 2.24) is 0 Å². The largest absolute Gasteiger partial charge is 0.481 e. The van der Waals surface area contributed by atoms with Crippen LogP contribution >= 0.6 is 27.3 Å². The summed E-state index contributed by atoms with van der Waals surface area (Å²) in [5.41, 5.74) is 0.393. The molecule has 0 atom stereocenters. The van der Waals surface area contributed by atoms with Crippen molar-refractivity contribution in [3.63, 3.8) is 0 Å². The molecule has 72 valence electrons. The number of carboxylic acid groups (broad SMARTS) is 1. The third kappa shape index (κ3) is 2.81. The van der Waals surface area contributed by atoms with Crippen LogP contribution in [-0.2, 0) is 11.2 Å². The summed E-state index contributed by atoms with van der Waals surface area (Å²) in [4.78, 5) is 10.8. The zero-order valence-electron chi connectivity index (χ0n) is 7.50. The van der Waals surface area contributed by atoms with Crippen LogP contribution in [0.15, 0.2) is 15.2 Å². The van der Waals surface area contributed by atoms with E-state index in [1.807, 2.05) is 11.4 Å². The topological polar surface area (TPSA) is 37.3 Å². The molecular weight excluding hydrogens is 252 g/mol. The van der Waals surface area contributed by atoms with Gasteiger partial charge in [0.15, 0.2) is 0 Å². The van der Waals surface area contributed by atoms with E-state index in [0.717, 1.165) is 9.35 Å². The van der Waals surface area contributed by atoms with Gasteiger partial charge in [-0.1, -0.05) is 0 Å². The van der Waals surface area contributed by atoms with Crippen molar-refractivity contribution in [2.75, 3.05) is 0 Å². The van der Waals surface area contributed by atoms with Crippen LogP contribution in [0.5, 0.6) is 0 Å². The first-order valence-corrected chi connectivity index (χ1v) is 5.55. The smallest absolute Gasteiger partial charge is 0.309 e. The molecule has 0 spiro atoms. The molecule has 0 unspecified atom stereocenters. The molecule has 4 heteroatoms. The summed E-state index contributed by atoms with van der Waals surface area (Å²) in [6.07, 6.45) is 0.574. The second kappa shape index (κ2) is 3.80. The van der Waals surface area contributed by atoms with E-state index in [2.05, 4.69) is 15.9 Å². The minimum atomic E-state index is -0.755. The van der Waals surface area contributed by atoms with Crippen LogP contribution in [0.1, 0.15) is 19.4 Å². The second-order valence-electron chi connectivity index (χ2n) is 3.62. The van der Waals surface area contributed by atoms with Crippen molar-refractivity contribution in [3.8, 4) is 0 Å². The predicted octanol–water partition coefficient (Wildman–Crippen LogP) is 3.16. The average molecular weight is 263 g/mol. The molecule has 0 aromatic carbocycles. The quantitative estimate of drug-likeness (QED) is 0.909. The van der Waals surface area contributed by atoms with Crippen LogP contribution in [-0.4, -0.2) is 11.1 Å². The highest BCUT2D eigenvalue weighted by molar-refractivity contribution is 9.11. The van der Waals surface area contributed by atoms with Gasteiger partial charge in [0, 0.05) is 0 Å². The fourth-order valence-electron chi connectivity index (χ4n) is 1.02. The number of rotatable bonds is 3. The van der Waals surface area contributed by atoms with Crippen LogP contribution in [0.3, 0.4) is 0 Å². The number of thiophene rings is 1. The Bertz CT molecular complexity index is 317. The first kappa shape index (κ1) is 10.7. The third-order valence-corrected chi connectivity index (χ3v) is 3.40. The van der Waals surface area contributed by atoms with Gasteiger partial charge in [0.05, 0.1) is 9.20 Å². The fraction of sp³-hybridized carbons (Fsp3) is 0.444. The van der Waals surface area contributed by atoms with Gasteiger partial charge in [-0.25, -0.2) is 0 Å². The van der Waals surface area contributed by atoms with E-state index in [-0.39, 0.29) is 0 Å². The van der Waals surface area contributed by atoms with Gasteiger partial charge in [-0.15, -0.1) is 11.3 Å². The first-order valence-electron chi connectivity index (χ1n) is 3.88. The number of hydrogen-bond donors (Lipinski definition) is 1. The molecule has 0 aliphatic carbocycles. The van der Waals surface area contributed by atoms with E-state index in [9.17, 15) is 4.79 Å². The van der Waals surface area contributed by atoms with Gasteiger partial charge in [0.25, 0.3) is 0 Å². The average Bonchev–Trinajstić information content (AvgIpc) is 2.34. The highest BCUT2D eigenvalue weighted by Gasteiger charge is 2.27. The van der Waals surface area contributed by atoms with E-state index in [0.29, 0.717) is 6.42 Å². The summed E-state index contributed by atoms with van der Waals surface area (Å²) < 4.78 is 1.05. The Morgan fingerprint density at radius 3 is 2.69 bits per heavy atom. The summed E-state index contributed by atoms with van der Waals surface area (Å²) >= 11 is 4.93. The zero-order valence-corrected chi connectivity index (χ0v) is 9.91. The Balaban J connectivity index is 2.74. The van der Waals surface area contributed by atoms with E-state index < -0.39 is 11.4 Å². The van der Waals surface area contributed by atoms with Crippen LogP contribution in [0.25, 0.3) is 0 Å². The lowest BCUT2D eigenvalue weighted by Gasteiger charge is -2.17. The van der Waals surface area contributed by atoms with Crippen molar-refractivity contribution in [3.05, 3.63) is 20.8 Å². The molecule has 2 nitrogen and oxygen atoms in total. The molecule has 1 N–H and O–H groups in total. The maximum Gasteiger partial charge on any atom is 0.309 e. The van der Waals surface area contributed by atoms with Crippen LogP contribution in [0.4, 0.5) is 0 Å². The van der Waals surface area contributed by atoms with E-state index in [1.54, 1.807) is 25.2 Å². The molecule has 0 radical (unpaired) electrons. The van der Waals surface area contributed by atoms with Gasteiger partial charge in [0.2, 0.25) is 0 Å². The highest BCUT2D eigenvalue weighted by atomic mass is 79.9. The molecule has 0 bridgehead atoms. The molecule has 0 aliphatic rings. The highest BCUT2D eigenvalue weighted by Crippen LogP contribution is 2.27. The van der Waals surface area contributed by atoms with Gasteiger partial charge in [-0.05, 0) is 53.2 Å². The summed E-state index contributed by atoms with van der Waals surface area (Å²) in [6, 6.07) is 1.97. The summed E-state index contributed by atoms with van der Waals surface area (Å²) in [6.45, 7) is 3.47. The van der Waals surface area contributed by atoms with Crippen LogP contribution < -0.4 is 0 Å². The summed E-state index contributed by atoms with van der Waals surface area (Å²) in [7, 11) is 0. The van der Waals surface area contributed by atoms with Crippen molar-refractivity contribution >= 4 is 33.2 Å². The van der Waals surface area contributed by atoms with E-state index >= 15 is 0 Å². The molecule has 0 amide bonds. The van der Waals surface area contributed by atoms with Gasteiger partial charge in [-0.3, -0.25) is 4.79 Å². The molecule has 0 saturated carbocycles. The maximum absolute atomic E-state index is 10.8. The van der Waals surface area contributed by atoms with Crippen molar-refractivity contribution in [1.29, 1.82) is 0 Å². The lowest BCUT2D eigenvalue weighted by molar-refractivity contribution is -0.146. The molecule has 0 saturated heterocycles. The molecule has 13 heavy (non-hydrogen) atoms. The lowest BCUT2D eigenvalue weighted by Crippen LogP contribution is -2.25. The molecular formula is C9H11BrO2S. The normalized spacial score (nSPS) is 11.6. The SMILES string of the molecule is CC(C)(Cc1csc(Br)c1)C(=O)O. The Labute approximate surface area is 89.7 Å². The minimum absolute atomic E-state index is 0.574. The predicted molar refractivity (Wildman–Crippen MR) is 57.1 cm³/mol. The van der Waals surface area contributed by atoms with Crippen molar-refractivity contribution in [2.24, 2.45) is 5.41 Å². The number of hydrogen-bond acceptors (Lipinski definition) is 2. The van der Waals surface area contributed by atoms with E-state index in [1.165, 1.54) is 0 Å². The van der Waals surface area contributed by atoms with Gasteiger partial charge >= 0.3 is 5.97 Å². The standard InChI is InChI=1S/C9H11BrO2S/c1-9(2,8(11)12)4-6-3-7(10)13-5-6/h3,5H,4H2,1-2H3,(H,11,12). The van der Waals surface area contributed by atoms with Gasteiger partial charge in [0.1, 0.15) is 0 Å². The third-order valence-electron chi connectivity index (χ3n) is 1.85. The lowest BCUT2D eigenvalue weighted by atomic mass is 9.87. The summed E-state index contributed by atoms with van der Waals surface area (Å²) in [5, 5.41) is 10.9. The maximum atomic E-state index is 10.8.